The number of rotatable bonds is 8. The average molecular weight is 267 g/mol. The van der Waals surface area contributed by atoms with Gasteiger partial charge in [0, 0.05) is 13.0 Å². The van der Waals surface area contributed by atoms with Crippen LogP contribution < -0.4 is 10.1 Å². The van der Waals surface area contributed by atoms with Gasteiger partial charge in [0.15, 0.2) is 0 Å². The van der Waals surface area contributed by atoms with E-state index in [4.69, 9.17) is 4.74 Å². The van der Waals surface area contributed by atoms with Gasteiger partial charge in [-0.1, -0.05) is 13.8 Å². The Kier molecular flexibility index (Phi) is 6.93. The largest absolute Gasteiger partial charge is 0.494 e. The van der Waals surface area contributed by atoms with Crippen LogP contribution in [0.2, 0.25) is 0 Å². The predicted octanol–water partition coefficient (Wildman–Crippen LogP) is 3.15. The molecule has 0 aliphatic heterocycles. The quantitative estimate of drug-likeness (QED) is 0.735. The first kappa shape index (κ1) is 15.5. The van der Waals surface area contributed by atoms with Gasteiger partial charge in [0.2, 0.25) is 5.91 Å². The molecule has 1 aromatic carbocycles. The molecule has 0 fully saturated rings. The van der Waals surface area contributed by atoms with E-state index in [-0.39, 0.29) is 11.7 Å². The van der Waals surface area contributed by atoms with Crippen molar-refractivity contribution in [2.24, 2.45) is 5.92 Å². The van der Waals surface area contributed by atoms with E-state index in [9.17, 15) is 9.18 Å². The SMILES string of the molecule is CC(C)CCC(=O)NCCCOc1ccc(F)cc1. The van der Waals surface area contributed by atoms with Gasteiger partial charge >= 0.3 is 0 Å². The number of carbonyl (C=O) groups is 1. The Balaban J connectivity index is 2.05. The third-order valence-corrected chi connectivity index (χ3v) is 2.67. The van der Waals surface area contributed by atoms with Crippen molar-refractivity contribution < 1.29 is 13.9 Å². The molecule has 4 heteroatoms. The fourth-order valence-corrected chi connectivity index (χ4v) is 1.53. The molecular weight excluding hydrogens is 245 g/mol. The van der Waals surface area contributed by atoms with Gasteiger partial charge < -0.3 is 10.1 Å². The van der Waals surface area contributed by atoms with Crippen molar-refractivity contribution in [1.29, 1.82) is 0 Å². The van der Waals surface area contributed by atoms with Crippen molar-refractivity contribution in [1.82, 2.24) is 5.32 Å². The summed E-state index contributed by atoms with van der Waals surface area (Å²) in [5, 5.41) is 2.85. The van der Waals surface area contributed by atoms with E-state index in [1.165, 1.54) is 12.1 Å². The monoisotopic (exact) mass is 267 g/mol. The Hall–Kier alpha value is -1.58. The van der Waals surface area contributed by atoms with Crippen molar-refractivity contribution in [2.45, 2.75) is 33.1 Å². The molecule has 3 nitrogen and oxygen atoms in total. The topological polar surface area (TPSA) is 38.3 Å². The summed E-state index contributed by atoms with van der Waals surface area (Å²) in [5.41, 5.74) is 0. The van der Waals surface area contributed by atoms with Crippen molar-refractivity contribution >= 4 is 5.91 Å². The van der Waals surface area contributed by atoms with Gasteiger partial charge in [0.25, 0.3) is 0 Å². The van der Waals surface area contributed by atoms with Gasteiger partial charge in [0.05, 0.1) is 6.61 Å². The van der Waals surface area contributed by atoms with E-state index < -0.39 is 0 Å². The number of carbonyl (C=O) groups excluding carboxylic acids is 1. The summed E-state index contributed by atoms with van der Waals surface area (Å²) < 4.78 is 18.1. The summed E-state index contributed by atoms with van der Waals surface area (Å²) in [6, 6.07) is 5.92. The lowest BCUT2D eigenvalue weighted by Crippen LogP contribution is -2.25. The summed E-state index contributed by atoms with van der Waals surface area (Å²) in [6.45, 7) is 5.32. The molecule has 106 valence electrons. The lowest BCUT2D eigenvalue weighted by molar-refractivity contribution is -0.121. The molecule has 0 spiro atoms. The average Bonchev–Trinajstić information content (AvgIpc) is 2.38. The molecule has 19 heavy (non-hydrogen) atoms. The van der Waals surface area contributed by atoms with Crippen molar-refractivity contribution in [2.75, 3.05) is 13.2 Å². The van der Waals surface area contributed by atoms with Crippen LogP contribution in [-0.4, -0.2) is 19.1 Å². The van der Waals surface area contributed by atoms with Crippen molar-refractivity contribution in [3.05, 3.63) is 30.1 Å². The molecule has 0 saturated carbocycles. The van der Waals surface area contributed by atoms with Crippen LogP contribution in [0.3, 0.4) is 0 Å². The highest BCUT2D eigenvalue weighted by atomic mass is 19.1. The molecule has 0 heterocycles. The predicted molar refractivity (Wildman–Crippen MR) is 73.6 cm³/mol. The molecule has 1 amide bonds. The molecule has 0 aliphatic rings. The van der Waals surface area contributed by atoms with E-state index in [1.807, 2.05) is 0 Å². The number of hydrogen-bond acceptors (Lipinski definition) is 2. The second kappa shape index (κ2) is 8.51. The van der Waals surface area contributed by atoms with E-state index in [0.717, 1.165) is 12.8 Å². The van der Waals surface area contributed by atoms with Crippen LogP contribution in [0, 0.1) is 11.7 Å². The van der Waals surface area contributed by atoms with E-state index in [2.05, 4.69) is 19.2 Å². The normalized spacial score (nSPS) is 10.5. The number of ether oxygens (including phenoxy) is 1. The van der Waals surface area contributed by atoms with Crippen LogP contribution in [0.4, 0.5) is 4.39 Å². The van der Waals surface area contributed by atoms with Gasteiger partial charge in [-0.2, -0.15) is 0 Å². The van der Waals surface area contributed by atoms with Gasteiger partial charge in [0.1, 0.15) is 11.6 Å². The summed E-state index contributed by atoms with van der Waals surface area (Å²) in [5.74, 6) is 1.01. The molecule has 1 aromatic rings. The number of hydrogen-bond donors (Lipinski definition) is 1. The van der Waals surface area contributed by atoms with Gasteiger partial charge in [-0.3, -0.25) is 4.79 Å². The molecule has 0 radical (unpaired) electrons. The molecule has 1 N–H and O–H groups in total. The lowest BCUT2D eigenvalue weighted by Gasteiger charge is -2.08. The van der Waals surface area contributed by atoms with Gasteiger partial charge in [-0.05, 0) is 43.0 Å². The molecule has 0 atom stereocenters. The molecule has 0 saturated heterocycles. The smallest absolute Gasteiger partial charge is 0.220 e. The van der Waals surface area contributed by atoms with E-state index in [0.29, 0.717) is 31.2 Å². The molecule has 0 unspecified atom stereocenters. The highest BCUT2D eigenvalue weighted by Crippen LogP contribution is 2.10. The number of halogens is 1. The van der Waals surface area contributed by atoms with Crippen LogP contribution in [0.15, 0.2) is 24.3 Å². The number of benzene rings is 1. The maximum absolute atomic E-state index is 12.6. The summed E-state index contributed by atoms with van der Waals surface area (Å²) in [7, 11) is 0. The lowest BCUT2D eigenvalue weighted by atomic mass is 10.1. The standard InChI is InChI=1S/C15H22FNO2/c1-12(2)4-9-15(18)17-10-3-11-19-14-7-5-13(16)6-8-14/h5-8,12H,3-4,9-11H2,1-2H3,(H,17,18). The maximum atomic E-state index is 12.6. The first-order chi connectivity index (χ1) is 9.08. The maximum Gasteiger partial charge on any atom is 0.220 e. The van der Waals surface area contributed by atoms with Crippen molar-refractivity contribution in [3.8, 4) is 5.75 Å². The van der Waals surface area contributed by atoms with Gasteiger partial charge in [-0.25, -0.2) is 4.39 Å². The Morgan fingerprint density at radius 1 is 1.32 bits per heavy atom. The second-order valence-corrected chi connectivity index (χ2v) is 4.94. The minimum atomic E-state index is -0.273. The third kappa shape index (κ3) is 7.44. The molecule has 0 aromatic heterocycles. The Morgan fingerprint density at radius 2 is 2.00 bits per heavy atom. The van der Waals surface area contributed by atoms with Crippen LogP contribution in [0.1, 0.15) is 33.1 Å². The first-order valence-electron chi connectivity index (χ1n) is 6.73. The minimum absolute atomic E-state index is 0.0930. The van der Waals surface area contributed by atoms with Gasteiger partial charge in [-0.15, -0.1) is 0 Å². The first-order valence-corrected chi connectivity index (χ1v) is 6.73. The van der Waals surface area contributed by atoms with E-state index >= 15 is 0 Å². The second-order valence-electron chi connectivity index (χ2n) is 4.94. The Labute approximate surface area is 114 Å². The Bertz CT molecular complexity index is 376. The van der Waals surface area contributed by atoms with Crippen LogP contribution >= 0.6 is 0 Å². The zero-order valence-electron chi connectivity index (χ0n) is 11.6. The summed E-state index contributed by atoms with van der Waals surface area (Å²) in [6.07, 6.45) is 2.24. The van der Waals surface area contributed by atoms with E-state index in [1.54, 1.807) is 12.1 Å². The van der Waals surface area contributed by atoms with Crippen molar-refractivity contribution in [3.63, 3.8) is 0 Å². The fourth-order valence-electron chi connectivity index (χ4n) is 1.53. The number of amides is 1. The number of nitrogens with one attached hydrogen (secondary N) is 1. The summed E-state index contributed by atoms with van der Waals surface area (Å²) >= 11 is 0. The highest BCUT2D eigenvalue weighted by Gasteiger charge is 2.02. The highest BCUT2D eigenvalue weighted by molar-refractivity contribution is 5.75. The molecule has 1 rings (SSSR count). The molecule has 0 aliphatic carbocycles. The zero-order chi connectivity index (χ0) is 14.1. The molecular formula is C15H22FNO2. The minimum Gasteiger partial charge on any atom is -0.494 e. The zero-order valence-corrected chi connectivity index (χ0v) is 11.6. The van der Waals surface area contributed by atoms with Crippen LogP contribution in [-0.2, 0) is 4.79 Å². The molecule has 0 bridgehead atoms. The fraction of sp³-hybridized carbons (Fsp3) is 0.533. The van der Waals surface area contributed by atoms with Crippen LogP contribution in [0.5, 0.6) is 5.75 Å². The third-order valence-electron chi connectivity index (χ3n) is 2.67. The van der Waals surface area contributed by atoms with Crippen LogP contribution in [0.25, 0.3) is 0 Å². The summed E-state index contributed by atoms with van der Waals surface area (Å²) in [4.78, 5) is 11.4. The Morgan fingerprint density at radius 3 is 2.63 bits per heavy atom.